The van der Waals surface area contributed by atoms with Gasteiger partial charge in [-0.1, -0.05) is 64.5 Å². The Labute approximate surface area is 135 Å². The summed E-state index contributed by atoms with van der Waals surface area (Å²) in [7, 11) is 0. The molecule has 0 radical (unpaired) electrons. The van der Waals surface area contributed by atoms with Crippen LogP contribution in [0.2, 0.25) is 0 Å². The summed E-state index contributed by atoms with van der Waals surface area (Å²) in [5, 5.41) is 12.8. The third kappa shape index (κ3) is 6.50. The minimum atomic E-state index is -0.844. The van der Waals surface area contributed by atoms with Gasteiger partial charge in [-0.3, -0.25) is 0 Å². The van der Waals surface area contributed by atoms with E-state index in [4.69, 9.17) is 0 Å². The molecule has 0 bridgehead atoms. The summed E-state index contributed by atoms with van der Waals surface area (Å²) in [5.41, 5.74) is 2.37. The largest absolute Gasteiger partial charge is 0.478 e. The Balaban J connectivity index is 2.56. The average Bonchev–Trinajstić information content (AvgIpc) is 2.52. The highest BCUT2D eigenvalue weighted by Crippen LogP contribution is 2.23. The molecular formula is C19H31NO2. The second-order valence-electron chi connectivity index (χ2n) is 5.94. The molecule has 0 aliphatic rings. The number of nitrogens with one attached hydrogen (secondary N) is 1. The van der Waals surface area contributed by atoms with Gasteiger partial charge in [0.05, 0.1) is 11.3 Å². The smallest absolute Gasteiger partial charge is 0.337 e. The summed E-state index contributed by atoms with van der Waals surface area (Å²) < 4.78 is 0. The normalized spacial score (nSPS) is 10.6. The van der Waals surface area contributed by atoms with Crippen molar-refractivity contribution in [1.82, 2.24) is 0 Å². The number of para-hydroxylation sites is 1. The van der Waals surface area contributed by atoms with E-state index in [-0.39, 0.29) is 0 Å². The first-order chi connectivity index (χ1) is 10.7. The summed E-state index contributed by atoms with van der Waals surface area (Å²) >= 11 is 0. The molecule has 0 amide bonds. The van der Waals surface area contributed by atoms with Crippen LogP contribution in [0.25, 0.3) is 0 Å². The monoisotopic (exact) mass is 305 g/mol. The number of carboxylic acids is 1. The lowest BCUT2D eigenvalue weighted by Crippen LogP contribution is -2.10. The number of carboxylic acid groups (broad SMARTS) is 1. The van der Waals surface area contributed by atoms with E-state index in [0.29, 0.717) is 5.56 Å². The molecule has 1 aromatic carbocycles. The molecule has 1 rings (SSSR count). The summed E-state index contributed by atoms with van der Waals surface area (Å²) in [5.74, 6) is -0.844. The summed E-state index contributed by atoms with van der Waals surface area (Å²) in [4.78, 5) is 11.4. The van der Waals surface area contributed by atoms with Crippen molar-refractivity contribution in [3.05, 3.63) is 29.3 Å². The Morgan fingerprint density at radius 1 is 1.00 bits per heavy atom. The second-order valence-corrected chi connectivity index (χ2v) is 5.94. The first kappa shape index (κ1) is 18.5. The number of aromatic carboxylic acids is 1. The Kier molecular flexibility index (Phi) is 9.36. The zero-order valence-electron chi connectivity index (χ0n) is 14.2. The van der Waals surface area contributed by atoms with Gasteiger partial charge in [0.2, 0.25) is 0 Å². The van der Waals surface area contributed by atoms with Crippen LogP contribution >= 0.6 is 0 Å². The molecule has 0 saturated carbocycles. The van der Waals surface area contributed by atoms with Gasteiger partial charge in [0.15, 0.2) is 0 Å². The minimum Gasteiger partial charge on any atom is -0.478 e. The predicted molar refractivity (Wildman–Crippen MR) is 93.9 cm³/mol. The molecule has 0 saturated heterocycles. The van der Waals surface area contributed by atoms with E-state index in [0.717, 1.165) is 43.5 Å². The Bertz CT molecular complexity index is 443. The van der Waals surface area contributed by atoms with Gasteiger partial charge in [-0.25, -0.2) is 4.79 Å². The molecule has 0 spiro atoms. The van der Waals surface area contributed by atoms with Crippen molar-refractivity contribution in [3.8, 4) is 0 Å². The minimum absolute atomic E-state index is 0.402. The van der Waals surface area contributed by atoms with Crippen LogP contribution < -0.4 is 5.32 Å². The number of hydrogen-bond acceptors (Lipinski definition) is 2. The lowest BCUT2D eigenvalue weighted by molar-refractivity contribution is 0.0698. The maximum atomic E-state index is 11.4. The molecule has 0 unspecified atom stereocenters. The van der Waals surface area contributed by atoms with Crippen molar-refractivity contribution < 1.29 is 9.90 Å². The molecule has 0 aliphatic heterocycles. The van der Waals surface area contributed by atoms with Crippen LogP contribution in [0.5, 0.6) is 0 Å². The van der Waals surface area contributed by atoms with Crippen molar-refractivity contribution in [1.29, 1.82) is 0 Å². The maximum absolute atomic E-state index is 11.4. The van der Waals surface area contributed by atoms with E-state index >= 15 is 0 Å². The zero-order valence-corrected chi connectivity index (χ0v) is 14.2. The third-order valence-electron chi connectivity index (χ3n) is 4.01. The second kappa shape index (κ2) is 11.1. The molecule has 3 nitrogen and oxygen atoms in total. The molecule has 0 atom stereocenters. The first-order valence-electron chi connectivity index (χ1n) is 8.79. The van der Waals surface area contributed by atoms with Crippen LogP contribution in [0.1, 0.15) is 81.1 Å². The predicted octanol–water partition coefficient (Wildman–Crippen LogP) is 5.50. The number of benzene rings is 1. The fourth-order valence-electron chi connectivity index (χ4n) is 2.68. The fraction of sp³-hybridized carbons (Fsp3) is 0.632. The highest BCUT2D eigenvalue weighted by Gasteiger charge is 2.13. The topological polar surface area (TPSA) is 49.3 Å². The number of aryl methyl sites for hydroxylation is 1. The molecular weight excluding hydrogens is 274 g/mol. The summed E-state index contributed by atoms with van der Waals surface area (Å²) in [6.07, 6.45) is 10.6. The molecule has 2 N–H and O–H groups in total. The summed E-state index contributed by atoms with van der Waals surface area (Å²) in [6.45, 7) is 5.24. The highest BCUT2D eigenvalue weighted by molar-refractivity contribution is 5.95. The number of carbonyl (C=O) groups is 1. The van der Waals surface area contributed by atoms with Crippen molar-refractivity contribution in [2.45, 2.75) is 71.6 Å². The third-order valence-corrected chi connectivity index (χ3v) is 4.01. The van der Waals surface area contributed by atoms with Gasteiger partial charge in [-0.2, -0.15) is 0 Å². The van der Waals surface area contributed by atoms with E-state index in [2.05, 4.69) is 19.2 Å². The van der Waals surface area contributed by atoms with Gasteiger partial charge in [0, 0.05) is 6.54 Å². The Morgan fingerprint density at radius 3 is 2.36 bits per heavy atom. The van der Waals surface area contributed by atoms with Gasteiger partial charge in [-0.15, -0.1) is 0 Å². The van der Waals surface area contributed by atoms with Crippen LogP contribution in [-0.2, 0) is 6.42 Å². The number of rotatable bonds is 12. The van der Waals surface area contributed by atoms with Crippen molar-refractivity contribution in [2.75, 3.05) is 11.9 Å². The Hall–Kier alpha value is -1.51. The molecule has 0 aromatic heterocycles. The quantitative estimate of drug-likeness (QED) is 0.501. The van der Waals surface area contributed by atoms with Gasteiger partial charge >= 0.3 is 5.97 Å². The number of unbranched alkanes of at least 4 members (excludes halogenated alkanes) is 6. The van der Waals surface area contributed by atoms with Crippen LogP contribution in [0, 0.1) is 0 Å². The highest BCUT2D eigenvalue weighted by atomic mass is 16.4. The van der Waals surface area contributed by atoms with Gasteiger partial charge in [0.1, 0.15) is 0 Å². The molecule has 0 aliphatic carbocycles. The van der Waals surface area contributed by atoms with Crippen molar-refractivity contribution in [2.24, 2.45) is 0 Å². The van der Waals surface area contributed by atoms with E-state index in [1.165, 1.54) is 32.1 Å². The van der Waals surface area contributed by atoms with E-state index in [1.807, 2.05) is 12.1 Å². The number of anilines is 1. The van der Waals surface area contributed by atoms with Crippen molar-refractivity contribution in [3.63, 3.8) is 0 Å². The first-order valence-corrected chi connectivity index (χ1v) is 8.79. The average molecular weight is 305 g/mol. The van der Waals surface area contributed by atoms with Gasteiger partial charge in [-0.05, 0) is 30.9 Å². The lowest BCUT2D eigenvalue weighted by Gasteiger charge is -2.15. The molecule has 0 fully saturated rings. The molecule has 3 heteroatoms. The van der Waals surface area contributed by atoms with Crippen LogP contribution in [0.15, 0.2) is 18.2 Å². The van der Waals surface area contributed by atoms with Gasteiger partial charge < -0.3 is 10.4 Å². The lowest BCUT2D eigenvalue weighted by atomic mass is 10.0. The molecule has 124 valence electrons. The molecule has 0 heterocycles. The fourth-order valence-corrected chi connectivity index (χ4v) is 2.68. The SMILES string of the molecule is CCCCCCCCNc1c(CCCC)cccc1C(=O)O. The van der Waals surface area contributed by atoms with Crippen LogP contribution in [0.4, 0.5) is 5.69 Å². The van der Waals surface area contributed by atoms with Crippen molar-refractivity contribution >= 4 is 11.7 Å². The Morgan fingerprint density at radius 2 is 1.68 bits per heavy atom. The van der Waals surface area contributed by atoms with E-state index < -0.39 is 5.97 Å². The van der Waals surface area contributed by atoms with Crippen LogP contribution in [-0.4, -0.2) is 17.6 Å². The molecule has 1 aromatic rings. The zero-order chi connectivity index (χ0) is 16.2. The van der Waals surface area contributed by atoms with Crippen LogP contribution in [0.3, 0.4) is 0 Å². The van der Waals surface area contributed by atoms with Gasteiger partial charge in [0.25, 0.3) is 0 Å². The summed E-state index contributed by atoms with van der Waals surface area (Å²) in [6, 6.07) is 5.59. The molecule has 22 heavy (non-hydrogen) atoms. The maximum Gasteiger partial charge on any atom is 0.337 e. The number of hydrogen-bond donors (Lipinski definition) is 2. The standard InChI is InChI=1S/C19H31NO2/c1-3-5-7-8-9-10-15-20-18-16(12-6-4-2)13-11-14-17(18)19(21)22/h11,13-14,20H,3-10,12,15H2,1-2H3,(H,21,22). The van der Waals surface area contributed by atoms with E-state index in [9.17, 15) is 9.90 Å². The van der Waals surface area contributed by atoms with E-state index in [1.54, 1.807) is 6.07 Å².